The predicted molar refractivity (Wildman–Crippen MR) is 73.4 cm³/mol. The van der Waals surface area contributed by atoms with Crippen LogP contribution in [0.15, 0.2) is 18.2 Å². The summed E-state index contributed by atoms with van der Waals surface area (Å²) in [7, 11) is 0. The van der Waals surface area contributed by atoms with Crippen LogP contribution in [0.3, 0.4) is 0 Å². The highest BCUT2D eigenvalue weighted by Gasteiger charge is 2.23. The van der Waals surface area contributed by atoms with E-state index in [4.69, 9.17) is 5.73 Å². The molecule has 0 spiro atoms. The molecule has 3 N–H and O–H groups in total. The summed E-state index contributed by atoms with van der Waals surface area (Å²) in [6.07, 6.45) is 1.31. The Morgan fingerprint density at radius 3 is 2.84 bits per heavy atom. The summed E-state index contributed by atoms with van der Waals surface area (Å²) in [6.45, 7) is 4.71. The maximum Gasteiger partial charge on any atom is 0.125 e. The first-order valence-corrected chi connectivity index (χ1v) is 6.54. The zero-order valence-corrected chi connectivity index (χ0v) is 11.4. The molecule has 1 atom stereocenters. The van der Waals surface area contributed by atoms with Crippen molar-refractivity contribution in [3.8, 4) is 0 Å². The van der Waals surface area contributed by atoms with Crippen molar-refractivity contribution in [2.75, 3.05) is 6.54 Å². The average Bonchev–Trinajstić information content (AvgIpc) is 2.66. The molecule has 0 aliphatic heterocycles. The van der Waals surface area contributed by atoms with Crippen LogP contribution in [0.25, 0.3) is 11.0 Å². The van der Waals surface area contributed by atoms with Crippen LogP contribution in [-0.2, 0) is 13.0 Å². The van der Waals surface area contributed by atoms with Gasteiger partial charge in [-0.1, -0.05) is 6.92 Å². The van der Waals surface area contributed by atoms with Gasteiger partial charge in [-0.3, -0.25) is 0 Å². The van der Waals surface area contributed by atoms with Gasteiger partial charge < -0.3 is 15.4 Å². The second-order valence-electron chi connectivity index (χ2n) is 5.19. The van der Waals surface area contributed by atoms with E-state index in [-0.39, 0.29) is 12.4 Å². The van der Waals surface area contributed by atoms with E-state index < -0.39 is 5.60 Å². The topological polar surface area (TPSA) is 64.1 Å². The molecule has 0 saturated heterocycles. The minimum absolute atomic E-state index is 0.163. The van der Waals surface area contributed by atoms with Gasteiger partial charge in [0.1, 0.15) is 11.6 Å². The molecule has 2 aromatic rings. The molecule has 0 fully saturated rings. The fourth-order valence-corrected chi connectivity index (χ4v) is 2.17. The van der Waals surface area contributed by atoms with E-state index in [0.29, 0.717) is 11.9 Å². The van der Waals surface area contributed by atoms with Gasteiger partial charge in [0.2, 0.25) is 0 Å². The lowest BCUT2D eigenvalue weighted by Gasteiger charge is -2.21. The fourth-order valence-electron chi connectivity index (χ4n) is 2.17. The van der Waals surface area contributed by atoms with Crippen molar-refractivity contribution in [3.63, 3.8) is 0 Å². The van der Waals surface area contributed by atoms with Crippen LogP contribution in [0, 0.1) is 5.82 Å². The number of hydrogen-bond acceptors (Lipinski definition) is 3. The fraction of sp³-hybridized carbons (Fsp3) is 0.500. The quantitative estimate of drug-likeness (QED) is 0.867. The second kappa shape index (κ2) is 5.27. The third-order valence-corrected chi connectivity index (χ3v) is 3.22. The second-order valence-corrected chi connectivity index (χ2v) is 5.19. The molecule has 0 amide bonds. The molecule has 19 heavy (non-hydrogen) atoms. The van der Waals surface area contributed by atoms with Gasteiger partial charge in [0.25, 0.3) is 0 Å². The number of rotatable bonds is 5. The third-order valence-electron chi connectivity index (χ3n) is 3.22. The normalized spacial score (nSPS) is 14.8. The molecule has 5 heteroatoms. The number of nitrogens with two attached hydrogens (primary N) is 1. The Bertz CT molecular complexity index is 577. The maximum absolute atomic E-state index is 13.2. The molecule has 0 aliphatic rings. The van der Waals surface area contributed by atoms with Crippen LogP contribution in [0.1, 0.15) is 26.1 Å². The summed E-state index contributed by atoms with van der Waals surface area (Å²) in [5.41, 5.74) is 6.07. The van der Waals surface area contributed by atoms with E-state index >= 15 is 0 Å². The van der Waals surface area contributed by atoms with Gasteiger partial charge in [0, 0.05) is 25.6 Å². The van der Waals surface area contributed by atoms with Crippen molar-refractivity contribution in [1.29, 1.82) is 0 Å². The highest BCUT2D eigenvalue weighted by molar-refractivity contribution is 5.76. The van der Waals surface area contributed by atoms with Gasteiger partial charge in [0.05, 0.1) is 16.6 Å². The smallest absolute Gasteiger partial charge is 0.125 e. The molecule has 1 unspecified atom stereocenters. The largest absolute Gasteiger partial charge is 0.388 e. The molecule has 1 aromatic heterocycles. The number of fused-ring (bicyclic) bond motifs is 1. The van der Waals surface area contributed by atoms with Crippen molar-refractivity contribution < 1.29 is 9.50 Å². The molecular formula is C14H20FN3O. The molecule has 0 saturated carbocycles. The molecule has 2 rings (SSSR count). The van der Waals surface area contributed by atoms with Crippen molar-refractivity contribution in [1.82, 2.24) is 9.55 Å². The molecule has 1 aromatic carbocycles. The Morgan fingerprint density at radius 2 is 2.21 bits per heavy atom. The van der Waals surface area contributed by atoms with E-state index in [1.807, 2.05) is 4.57 Å². The van der Waals surface area contributed by atoms with E-state index in [1.165, 1.54) is 12.1 Å². The number of halogens is 1. The number of benzene rings is 1. The molecule has 0 bridgehead atoms. The van der Waals surface area contributed by atoms with E-state index in [9.17, 15) is 9.50 Å². The van der Waals surface area contributed by atoms with Crippen LogP contribution in [0.4, 0.5) is 4.39 Å². The van der Waals surface area contributed by atoms with Crippen molar-refractivity contribution in [2.45, 2.75) is 38.8 Å². The summed E-state index contributed by atoms with van der Waals surface area (Å²) >= 11 is 0. The Hall–Kier alpha value is -1.46. The molecule has 1 heterocycles. The minimum Gasteiger partial charge on any atom is -0.388 e. The molecular weight excluding hydrogens is 245 g/mol. The van der Waals surface area contributed by atoms with Gasteiger partial charge >= 0.3 is 0 Å². The summed E-state index contributed by atoms with van der Waals surface area (Å²) < 4.78 is 15.3. The van der Waals surface area contributed by atoms with Crippen LogP contribution in [0.5, 0.6) is 0 Å². The van der Waals surface area contributed by atoms with E-state index in [0.717, 1.165) is 24.3 Å². The first-order valence-electron chi connectivity index (χ1n) is 6.54. The zero-order valence-electron chi connectivity index (χ0n) is 11.4. The van der Waals surface area contributed by atoms with Gasteiger partial charge in [-0.05, 0) is 25.5 Å². The number of aryl methyl sites for hydroxylation is 1. The average molecular weight is 265 g/mol. The number of aromatic nitrogens is 2. The van der Waals surface area contributed by atoms with Crippen molar-refractivity contribution >= 4 is 11.0 Å². The number of nitrogens with zero attached hydrogens (tertiary/aromatic N) is 2. The third kappa shape index (κ3) is 2.93. The molecule has 0 aliphatic carbocycles. The van der Waals surface area contributed by atoms with Gasteiger partial charge in [0.15, 0.2) is 0 Å². The van der Waals surface area contributed by atoms with Crippen molar-refractivity contribution in [3.05, 3.63) is 29.8 Å². The molecule has 4 nitrogen and oxygen atoms in total. The van der Waals surface area contributed by atoms with Gasteiger partial charge in [-0.15, -0.1) is 0 Å². The van der Waals surface area contributed by atoms with Crippen LogP contribution >= 0.6 is 0 Å². The van der Waals surface area contributed by atoms with E-state index in [1.54, 1.807) is 13.0 Å². The highest BCUT2D eigenvalue weighted by atomic mass is 19.1. The Labute approximate surface area is 112 Å². The van der Waals surface area contributed by atoms with Gasteiger partial charge in [-0.2, -0.15) is 0 Å². The predicted octanol–water partition coefficient (Wildman–Crippen LogP) is 1.84. The summed E-state index contributed by atoms with van der Waals surface area (Å²) in [5.74, 6) is 0.448. The summed E-state index contributed by atoms with van der Waals surface area (Å²) in [4.78, 5) is 4.43. The first-order chi connectivity index (χ1) is 8.96. The number of hydrogen-bond donors (Lipinski definition) is 2. The SMILES string of the molecule is CCCn1c(CC(C)(O)CN)nc2cc(F)ccc21. The standard InChI is InChI=1S/C14H20FN3O/c1-3-6-18-12-5-4-10(15)7-11(12)17-13(18)8-14(2,19)9-16/h4-5,7,19H,3,6,8-9,16H2,1-2H3. The Kier molecular flexibility index (Phi) is 3.87. The number of imidazole rings is 1. The lowest BCUT2D eigenvalue weighted by molar-refractivity contribution is 0.0667. The summed E-state index contributed by atoms with van der Waals surface area (Å²) in [5, 5.41) is 10.1. The summed E-state index contributed by atoms with van der Waals surface area (Å²) in [6, 6.07) is 4.58. The highest BCUT2D eigenvalue weighted by Crippen LogP contribution is 2.21. The van der Waals surface area contributed by atoms with Crippen LogP contribution < -0.4 is 5.73 Å². The first kappa shape index (κ1) is 14.0. The molecule has 104 valence electrons. The van der Waals surface area contributed by atoms with Crippen molar-refractivity contribution in [2.24, 2.45) is 5.73 Å². The lowest BCUT2D eigenvalue weighted by atomic mass is 10.0. The monoisotopic (exact) mass is 265 g/mol. The minimum atomic E-state index is -0.995. The molecule has 0 radical (unpaired) electrons. The Morgan fingerprint density at radius 1 is 1.47 bits per heavy atom. The number of aliphatic hydroxyl groups is 1. The van der Waals surface area contributed by atoms with Crippen LogP contribution in [0.2, 0.25) is 0 Å². The van der Waals surface area contributed by atoms with E-state index in [2.05, 4.69) is 11.9 Å². The maximum atomic E-state index is 13.2. The van der Waals surface area contributed by atoms with Gasteiger partial charge in [-0.25, -0.2) is 9.37 Å². The lowest BCUT2D eigenvalue weighted by Crippen LogP contribution is -2.37. The Balaban J connectivity index is 2.49. The van der Waals surface area contributed by atoms with Crippen LogP contribution in [-0.4, -0.2) is 26.8 Å². The zero-order chi connectivity index (χ0) is 14.0.